The number of para-hydroxylation sites is 1. The van der Waals surface area contributed by atoms with Crippen LogP contribution >= 0.6 is 0 Å². The third kappa shape index (κ3) is 7.73. The summed E-state index contributed by atoms with van der Waals surface area (Å²) in [6, 6.07) is 5.47. The maximum Gasteiger partial charge on any atom is 0.408 e. The number of hydrogen-bond acceptors (Lipinski definition) is 5. The minimum absolute atomic E-state index is 0.385. The molecule has 26 heavy (non-hydrogen) atoms. The van der Waals surface area contributed by atoms with Gasteiger partial charge in [-0.05, 0) is 46.2 Å². The van der Waals surface area contributed by atoms with Crippen LogP contribution in [0.5, 0.6) is 0 Å². The molecule has 2 atom stereocenters. The van der Waals surface area contributed by atoms with Crippen LogP contribution in [0.25, 0.3) is 0 Å². The van der Waals surface area contributed by atoms with E-state index in [0.29, 0.717) is 11.3 Å². The van der Waals surface area contributed by atoms with Gasteiger partial charge >= 0.3 is 6.09 Å². The maximum absolute atomic E-state index is 12.3. The molecule has 0 saturated carbocycles. The highest BCUT2D eigenvalue weighted by atomic mass is 32.2. The Hall–Kier alpha value is -2.29. The third-order valence-corrected chi connectivity index (χ3v) is 3.80. The average Bonchev–Trinajstić information content (AvgIpc) is 2.43. The molecule has 0 aliphatic heterocycles. The molecule has 8 nitrogen and oxygen atoms in total. The molecule has 1 rings (SSSR count). The van der Waals surface area contributed by atoms with Gasteiger partial charge in [0.2, 0.25) is 15.9 Å². The highest BCUT2D eigenvalue weighted by Crippen LogP contribution is 2.23. The van der Waals surface area contributed by atoms with E-state index in [0.717, 1.165) is 6.26 Å². The van der Waals surface area contributed by atoms with Gasteiger partial charge in [0.1, 0.15) is 11.6 Å². The molecule has 0 bridgehead atoms. The van der Waals surface area contributed by atoms with Crippen molar-refractivity contribution in [1.82, 2.24) is 10.6 Å². The van der Waals surface area contributed by atoms with E-state index in [2.05, 4.69) is 15.4 Å². The van der Waals surface area contributed by atoms with Crippen LogP contribution in [0.1, 0.15) is 46.2 Å². The van der Waals surface area contributed by atoms with Crippen molar-refractivity contribution in [1.29, 1.82) is 0 Å². The number of hydrogen-bond donors (Lipinski definition) is 3. The topological polar surface area (TPSA) is 114 Å². The summed E-state index contributed by atoms with van der Waals surface area (Å²) in [4.78, 5) is 24.1. The molecule has 1 aromatic rings. The summed E-state index contributed by atoms with van der Waals surface area (Å²) < 4.78 is 30.5. The molecule has 0 radical (unpaired) electrons. The van der Waals surface area contributed by atoms with Gasteiger partial charge in [-0.25, -0.2) is 13.2 Å². The molecule has 2 amide bonds. The van der Waals surface area contributed by atoms with Crippen molar-refractivity contribution in [2.75, 3.05) is 11.0 Å². The van der Waals surface area contributed by atoms with Crippen LogP contribution in [-0.4, -0.2) is 38.3 Å². The first-order valence-corrected chi connectivity index (χ1v) is 10.0. The lowest BCUT2D eigenvalue weighted by Gasteiger charge is -2.23. The van der Waals surface area contributed by atoms with Gasteiger partial charge in [-0.1, -0.05) is 18.2 Å². The summed E-state index contributed by atoms with van der Waals surface area (Å²) in [5.74, 6) is -0.419. The monoisotopic (exact) mass is 385 g/mol. The Kier molecular flexibility index (Phi) is 7.02. The van der Waals surface area contributed by atoms with Gasteiger partial charge in [0, 0.05) is 0 Å². The fourth-order valence-corrected chi connectivity index (χ4v) is 2.72. The van der Waals surface area contributed by atoms with Crippen LogP contribution in [0, 0.1) is 0 Å². The molecule has 0 saturated heterocycles. The van der Waals surface area contributed by atoms with Crippen molar-refractivity contribution in [2.24, 2.45) is 0 Å². The van der Waals surface area contributed by atoms with Crippen LogP contribution in [-0.2, 0) is 19.6 Å². The Morgan fingerprint density at radius 2 is 1.65 bits per heavy atom. The number of sulfonamides is 1. The molecule has 0 aliphatic rings. The third-order valence-electron chi connectivity index (χ3n) is 3.21. The summed E-state index contributed by atoms with van der Waals surface area (Å²) in [5, 5.41) is 5.21. The molecule has 2 unspecified atom stereocenters. The van der Waals surface area contributed by atoms with Gasteiger partial charge < -0.3 is 15.4 Å². The Morgan fingerprint density at radius 1 is 1.08 bits per heavy atom. The largest absolute Gasteiger partial charge is 0.444 e. The minimum Gasteiger partial charge on any atom is -0.444 e. The second-order valence-corrected chi connectivity index (χ2v) is 8.81. The highest BCUT2D eigenvalue weighted by molar-refractivity contribution is 7.92. The molecule has 0 fully saturated rings. The molecule has 0 aromatic heterocycles. The van der Waals surface area contributed by atoms with Gasteiger partial charge in [0.15, 0.2) is 0 Å². The molecular formula is C17H27N3O5S. The number of benzene rings is 1. The Balaban J connectivity index is 2.77. The Morgan fingerprint density at radius 3 is 2.19 bits per heavy atom. The summed E-state index contributed by atoms with van der Waals surface area (Å²) in [5.41, 5.74) is 0.329. The maximum atomic E-state index is 12.3. The van der Waals surface area contributed by atoms with Crippen molar-refractivity contribution < 1.29 is 22.7 Å². The Labute approximate surface area is 154 Å². The van der Waals surface area contributed by atoms with E-state index in [1.807, 2.05) is 0 Å². The lowest BCUT2D eigenvalue weighted by atomic mass is 10.1. The lowest BCUT2D eigenvalue weighted by molar-refractivity contribution is -0.123. The quantitative estimate of drug-likeness (QED) is 0.694. The predicted molar refractivity (Wildman–Crippen MR) is 100 cm³/mol. The van der Waals surface area contributed by atoms with Gasteiger partial charge in [-0.3, -0.25) is 9.52 Å². The normalized spacial score (nSPS) is 14.1. The molecule has 1 aromatic carbocycles. The summed E-state index contributed by atoms with van der Waals surface area (Å²) in [6.45, 7) is 8.44. The number of alkyl carbamates (subject to hydrolysis) is 1. The smallest absolute Gasteiger partial charge is 0.408 e. The standard InChI is InChI=1S/C17H27N3O5S/c1-11(13-9-7-8-10-14(13)20-26(6,23)24)18-15(21)12(2)19-16(22)25-17(3,4)5/h7-12,20H,1-6H3,(H,18,21)(H,19,22). The van der Waals surface area contributed by atoms with Crippen LogP contribution in [0.3, 0.4) is 0 Å². The van der Waals surface area contributed by atoms with E-state index in [4.69, 9.17) is 4.74 Å². The van der Waals surface area contributed by atoms with Crippen LogP contribution in [0.4, 0.5) is 10.5 Å². The molecule has 9 heteroatoms. The second-order valence-electron chi connectivity index (χ2n) is 7.06. The Bertz CT molecular complexity index is 756. The van der Waals surface area contributed by atoms with E-state index in [-0.39, 0.29) is 0 Å². The number of anilines is 1. The fraction of sp³-hybridized carbons (Fsp3) is 0.529. The predicted octanol–water partition coefficient (Wildman–Crippen LogP) is 2.15. The summed E-state index contributed by atoms with van der Waals surface area (Å²) in [6.07, 6.45) is 0.367. The molecule has 3 N–H and O–H groups in total. The van der Waals surface area contributed by atoms with Gasteiger partial charge in [0.25, 0.3) is 0 Å². The first-order chi connectivity index (χ1) is 11.8. The first kappa shape index (κ1) is 21.8. The minimum atomic E-state index is -3.45. The average molecular weight is 385 g/mol. The summed E-state index contributed by atoms with van der Waals surface area (Å²) in [7, 11) is -3.45. The van der Waals surface area contributed by atoms with E-state index in [1.54, 1.807) is 52.0 Å². The number of amides is 2. The second kappa shape index (κ2) is 8.39. The number of carbonyl (C=O) groups excluding carboxylic acids is 2. The van der Waals surface area contributed by atoms with Crippen molar-refractivity contribution in [3.63, 3.8) is 0 Å². The fourth-order valence-electron chi connectivity index (χ4n) is 2.13. The highest BCUT2D eigenvalue weighted by Gasteiger charge is 2.23. The molecule has 0 spiro atoms. The van der Waals surface area contributed by atoms with Crippen molar-refractivity contribution in [3.8, 4) is 0 Å². The molecule has 0 aliphatic carbocycles. The van der Waals surface area contributed by atoms with E-state index >= 15 is 0 Å². The van der Waals surface area contributed by atoms with Gasteiger partial charge in [0.05, 0.1) is 18.0 Å². The van der Waals surface area contributed by atoms with Gasteiger partial charge in [-0.2, -0.15) is 0 Å². The summed E-state index contributed by atoms with van der Waals surface area (Å²) >= 11 is 0. The van der Waals surface area contributed by atoms with Crippen molar-refractivity contribution in [3.05, 3.63) is 29.8 Å². The number of nitrogens with one attached hydrogen (secondary N) is 3. The van der Waals surface area contributed by atoms with E-state index in [1.165, 1.54) is 6.92 Å². The van der Waals surface area contributed by atoms with Crippen molar-refractivity contribution >= 4 is 27.7 Å². The SMILES string of the molecule is CC(NC(=O)OC(C)(C)C)C(=O)NC(C)c1ccccc1NS(C)(=O)=O. The number of ether oxygens (including phenoxy) is 1. The molecular weight excluding hydrogens is 358 g/mol. The van der Waals surface area contributed by atoms with E-state index in [9.17, 15) is 18.0 Å². The number of rotatable bonds is 6. The van der Waals surface area contributed by atoms with Crippen LogP contribution < -0.4 is 15.4 Å². The molecule has 0 heterocycles. The lowest BCUT2D eigenvalue weighted by Crippen LogP contribution is -2.47. The zero-order chi connectivity index (χ0) is 20.1. The molecule has 146 valence electrons. The van der Waals surface area contributed by atoms with Crippen molar-refractivity contribution in [2.45, 2.75) is 52.3 Å². The zero-order valence-corrected chi connectivity index (χ0v) is 16.7. The number of carbonyl (C=O) groups is 2. The zero-order valence-electron chi connectivity index (χ0n) is 15.9. The first-order valence-electron chi connectivity index (χ1n) is 8.15. The van der Waals surface area contributed by atoms with Gasteiger partial charge in [-0.15, -0.1) is 0 Å². The van der Waals surface area contributed by atoms with E-state index < -0.39 is 39.7 Å². The van der Waals surface area contributed by atoms with Crippen LogP contribution in [0.2, 0.25) is 0 Å². The van der Waals surface area contributed by atoms with Crippen LogP contribution in [0.15, 0.2) is 24.3 Å².